The van der Waals surface area contributed by atoms with Crippen LogP contribution in [-0.2, 0) is 11.2 Å². The van der Waals surface area contributed by atoms with E-state index in [1.165, 1.54) is 6.42 Å². The third kappa shape index (κ3) is 3.31. The third-order valence-electron chi connectivity index (χ3n) is 3.71. The van der Waals surface area contributed by atoms with Crippen LogP contribution >= 0.6 is 0 Å². The number of nitrogens with zero attached hydrogens (tertiary/aromatic N) is 2. The van der Waals surface area contributed by atoms with Gasteiger partial charge in [-0.25, -0.2) is 9.48 Å². The first-order chi connectivity index (χ1) is 10.2. The summed E-state index contributed by atoms with van der Waals surface area (Å²) in [6, 6.07) is 6.95. The number of aromatic nitrogens is 2. The number of benzene rings is 1. The number of carboxylic acids is 1. The van der Waals surface area contributed by atoms with Crippen molar-refractivity contribution in [2.45, 2.75) is 31.9 Å². The van der Waals surface area contributed by atoms with Crippen LogP contribution in [0.25, 0.3) is 0 Å². The van der Waals surface area contributed by atoms with E-state index in [2.05, 4.69) is 5.10 Å². The van der Waals surface area contributed by atoms with E-state index >= 15 is 0 Å². The fourth-order valence-corrected chi connectivity index (χ4v) is 2.56. The summed E-state index contributed by atoms with van der Waals surface area (Å²) in [4.78, 5) is 10.8. The van der Waals surface area contributed by atoms with E-state index in [-0.39, 0.29) is 6.23 Å². The molecule has 2 aromatic rings. The highest BCUT2D eigenvalue weighted by Crippen LogP contribution is 2.22. The van der Waals surface area contributed by atoms with Crippen molar-refractivity contribution in [3.63, 3.8) is 0 Å². The summed E-state index contributed by atoms with van der Waals surface area (Å²) in [7, 11) is 0. The van der Waals surface area contributed by atoms with Crippen LogP contribution in [0.5, 0.6) is 0 Å². The van der Waals surface area contributed by atoms with Gasteiger partial charge in [0.05, 0.1) is 11.8 Å². The maximum absolute atomic E-state index is 10.8. The lowest BCUT2D eigenvalue weighted by atomic mass is 10.1. The van der Waals surface area contributed by atoms with Crippen LogP contribution < -0.4 is 0 Å². The Labute approximate surface area is 123 Å². The molecule has 1 aromatic carbocycles. The van der Waals surface area contributed by atoms with E-state index in [0.717, 1.165) is 37.0 Å². The van der Waals surface area contributed by atoms with Gasteiger partial charge in [0.15, 0.2) is 0 Å². The van der Waals surface area contributed by atoms with Crippen molar-refractivity contribution in [1.82, 2.24) is 9.78 Å². The first kappa shape index (κ1) is 13.8. The third-order valence-corrected chi connectivity index (χ3v) is 3.71. The molecule has 0 aliphatic carbocycles. The minimum absolute atomic E-state index is 0.0573. The molecule has 0 bridgehead atoms. The summed E-state index contributed by atoms with van der Waals surface area (Å²) in [5.41, 5.74) is 2.49. The van der Waals surface area contributed by atoms with Crippen molar-refractivity contribution < 1.29 is 14.6 Å². The van der Waals surface area contributed by atoms with Crippen LogP contribution in [0, 0.1) is 0 Å². The molecule has 1 aliphatic rings. The first-order valence-corrected chi connectivity index (χ1v) is 7.19. The molecule has 110 valence electrons. The lowest BCUT2D eigenvalue weighted by Crippen LogP contribution is -2.18. The zero-order valence-corrected chi connectivity index (χ0v) is 11.7. The maximum Gasteiger partial charge on any atom is 0.335 e. The van der Waals surface area contributed by atoms with Gasteiger partial charge in [0.2, 0.25) is 0 Å². The molecule has 1 aromatic heterocycles. The summed E-state index contributed by atoms with van der Waals surface area (Å²) in [5.74, 6) is -0.899. The average molecular weight is 286 g/mol. The summed E-state index contributed by atoms with van der Waals surface area (Å²) in [6.07, 6.45) is 7.98. The molecule has 1 fully saturated rings. The fourth-order valence-electron chi connectivity index (χ4n) is 2.56. The highest BCUT2D eigenvalue weighted by atomic mass is 16.5. The smallest absolute Gasteiger partial charge is 0.335 e. The van der Waals surface area contributed by atoms with Crippen LogP contribution in [0.3, 0.4) is 0 Å². The molecule has 1 saturated heterocycles. The Bertz CT molecular complexity index is 613. The monoisotopic (exact) mass is 286 g/mol. The Morgan fingerprint density at radius 1 is 1.29 bits per heavy atom. The predicted molar refractivity (Wildman–Crippen MR) is 77.3 cm³/mol. The van der Waals surface area contributed by atoms with Crippen molar-refractivity contribution in [2.75, 3.05) is 6.61 Å². The Hall–Kier alpha value is -2.14. The highest BCUT2D eigenvalue weighted by Gasteiger charge is 2.16. The van der Waals surface area contributed by atoms with E-state index in [4.69, 9.17) is 9.84 Å². The number of hydrogen-bond acceptors (Lipinski definition) is 3. The van der Waals surface area contributed by atoms with Gasteiger partial charge in [-0.1, -0.05) is 12.1 Å². The second kappa shape index (κ2) is 6.10. The van der Waals surface area contributed by atoms with Gasteiger partial charge in [-0.15, -0.1) is 0 Å². The van der Waals surface area contributed by atoms with E-state index in [9.17, 15) is 4.79 Å². The number of ether oxygens (including phenoxy) is 1. The SMILES string of the molecule is O=C(O)c1ccc(Cc2cnn(C3CCCCO3)c2)cc1. The molecule has 1 N–H and O–H groups in total. The number of hydrogen-bond donors (Lipinski definition) is 1. The molecule has 3 rings (SSSR count). The van der Waals surface area contributed by atoms with Crippen molar-refractivity contribution in [1.29, 1.82) is 0 Å². The molecular weight excluding hydrogens is 268 g/mol. The molecule has 2 heterocycles. The van der Waals surface area contributed by atoms with E-state index in [0.29, 0.717) is 5.56 Å². The number of rotatable bonds is 4. The Balaban J connectivity index is 1.67. The zero-order chi connectivity index (χ0) is 14.7. The summed E-state index contributed by atoms with van der Waals surface area (Å²) < 4.78 is 7.59. The molecule has 0 radical (unpaired) electrons. The summed E-state index contributed by atoms with van der Waals surface area (Å²) >= 11 is 0. The zero-order valence-electron chi connectivity index (χ0n) is 11.7. The van der Waals surface area contributed by atoms with Crippen LogP contribution in [0.2, 0.25) is 0 Å². The maximum atomic E-state index is 10.8. The normalized spacial score (nSPS) is 18.6. The van der Waals surface area contributed by atoms with Crippen LogP contribution in [0.4, 0.5) is 0 Å². The second-order valence-electron chi connectivity index (χ2n) is 5.33. The number of carboxylic acid groups (broad SMARTS) is 1. The second-order valence-corrected chi connectivity index (χ2v) is 5.33. The fraction of sp³-hybridized carbons (Fsp3) is 0.375. The van der Waals surface area contributed by atoms with Crippen LogP contribution in [0.15, 0.2) is 36.7 Å². The van der Waals surface area contributed by atoms with Gasteiger partial charge in [-0.3, -0.25) is 0 Å². The molecule has 5 heteroatoms. The molecule has 1 aliphatic heterocycles. The first-order valence-electron chi connectivity index (χ1n) is 7.19. The Kier molecular flexibility index (Phi) is 4.01. The van der Waals surface area contributed by atoms with Crippen molar-refractivity contribution in [3.8, 4) is 0 Å². The van der Waals surface area contributed by atoms with E-state index in [1.807, 2.05) is 29.2 Å². The van der Waals surface area contributed by atoms with Crippen molar-refractivity contribution >= 4 is 5.97 Å². The van der Waals surface area contributed by atoms with Gasteiger partial charge in [-0.2, -0.15) is 5.10 Å². The lowest BCUT2D eigenvalue weighted by Gasteiger charge is -2.22. The van der Waals surface area contributed by atoms with Crippen molar-refractivity contribution in [2.24, 2.45) is 0 Å². The Morgan fingerprint density at radius 3 is 2.76 bits per heavy atom. The lowest BCUT2D eigenvalue weighted by molar-refractivity contribution is -0.0395. The quantitative estimate of drug-likeness (QED) is 0.938. The van der Waals surface area contributed by atoms with E-state index in [1.54, 1.807) is 12.1 Å². The van der Waals surface area contributed by atoms with Crippen LogP contribution in [-0.4, -0.2) is 27.5 Å². The Morgan fingerprint density at radius 2 is 2.10 bits per heavy atom. The molecule has 0 amide bonds. The van der Waals surface area contributed by atoms with Gasteiger partial charge in [0, 0.05) is 19.2 Å². The van der Waals surface area contributed by atoms with Gasteiger partial charge >= 0.3 is 5.97 Å². The summed E-state index contributed by atoms with van der Waals surface area (Å²) in [5, 5.41) is 13.3. The summed E-state index contributed by atoms with van der Waals surface area (Å²) in [6.45, 7) is 0.802. The van der Waals surface area contributed by atoms with Crippen molar-refractivity contribution in [3.05, 3.63) is 53.3 Å². The molecular formula is C16H18N2O3. The van der Waals surface area contributed by atoms with Gasteiger partial charge in [-0.05, 0) is 42.5 Å². The molecule has 0 spiro atoms. The van der Waals surface area contributed by atoms with Gasteiger partial charge in [0.25, 0.3) is 0 Å². The molecule has 21 heavy (non-hydrogen) atoms. The molecule has 1 atom stereocenters. The predicted octanol–water partition coefficient (Wildman–Crippen LogP) is 2.87. The standard InChI is InChI=1S/C16H18N2O3/c19-16(20)14-6-4-12(5-7-14)9-13-10-17-18(11-13)15-3-1-2-8-21-15/h4-7,10-11,15H,1-3,8-9H2,(H,19,20). The largest absolute Gasteiger partial charge is 0.478 e. The van der Waals surface area contributed by atoms with Gasteiger partial charge in [0.1, 0.15) is 6.23 Å². The topological polar surface area (TPSA) is 64.3 Å². The average Bonchev–Trinajstić information content (AvgIpc) is 2.97. The number of carbonyl (C=O) groups is 1. The molecule has 5 nitrogen and oxygen atoms in total. The van der Waals surface area contributed by atoms with Crippen LogP contribution in [0.1, 0.15) is 47.0 Å². The number of aromatic carboxylic acids is 1. The minimum Gasteiger partial charge on any atom is -0.478 e. The minimum atomic E-state index is -0.899. The van der Waals surface area contributed by atoms with E-state index < -0.39 is 5.97 Å². The molecule has 1 unspecified atom stereocenters. The highest BCUT2D eigenvalue weighted by molar-refractivity contribution is 5.87. The molecule has 0 saturated carbocycles. The van der Waals surface area contributed by atoms with Gasteiger partial charge < -0.3 is 9.84 Å².